The quantitative estimate of drug-likeness (QED) is 0.292. The molecule has 9 nitrogen and oxygen atoms in total. The highest BCUT2D eigenvalue weighted by atomic mass is 79.9. The van der Waals surface area contributed by atoms with E-state index in [1.165, 1.54) is 17.4 Å². The number of thiophene rings is 1. The van der Waals surface area contributed by atoms with Gasteiger partial charge in [0, 0.05) is 23.1 Å². The number of benzene rings is 1. The Kier molecular flexibility index (Phi) is 7.52. The fourth-order valence-corrected chi connectivity index (χ4v) is 3.78. The Hall–Kier alpha value is -2.92. The van der Waals surface area contributed by atoms with Crippen LogP contribution < -0.4 is 22.1 Å². The topological polar surface area (TPSA) is 160 Å². The van der Waals surface area contributed by atoms with Gasteiger partial charge < -0.3 is 27.2 Å². The Labute approximate surface area is 175 Å². The van der Waals surface area contributed by atoms with Crippen LogP contribution in [0.2, 0.25) is 0 Å². The van der Waals surface area contributed by atoms with Crippen LogP contribution in [0.1, 0.15) is 30.6 Å². The van der Waals surface area contributed by atoms with Crippen molar-refractivity contribution in [2.24, 2.45) is 16.5 Å². The third-order valence-electron chi connectivity index (χ3n) is 3.42. The number of carbonyl (C=O) groups excluding carboxylic acids is 2. The number of aliphatic carboxylic acids is 1. The summed E-state index contributed by atoms with van der Waals surface area (Å²) < 4.78 is 0.797. The summed E-state index contributed by atoms with van der Waals surface area (Å²) in [4.78, 5) is 40.0. The first kappa shape index (κ1) is 21.4. The highest BCUT2D eigenvalue weighted by Crippen LogP contribution is 2.27. The summed E-state index contributed by atoms with van der Waals surface area (Å²) in [5, 5.41) is 16.0. The number of guanidine groups is 1. The highest BCUT2D eigenvalue weighted by Gasteiger charge is 2.20. The number of aliphatic imine (C=N–C) groups is 1. The molecule has 0 radical (unpaired) electrons. The smallest absolute Gasteiger partial charge is 0.305 e. The third-order valence-corrected chi connectivity index (χ3v) is 5.23. The summed E-state index contributed by atoms with van der Waals surface area (Å²) >= 11 is 4.62. The highest BCUT2D eigenvalue weighted by molar-refractivity contribution is 9.10. The number of nitrogens with zero attached hydrogens (tertiary/aromatic N) is 1. The number of halogens is 1. The van der Waals surface area contributed by atoms with E-state index in [4.69, 9.17) is 16.6 Å². The fourth-order valence-electron chi connectivity index (χ4n) is 2.28. The maximum atomic E-state index is 12.2. The molecule has 2 rings (SSSR count). The van der Waals surface area contributed by atoms with Gasteiger partial charge in [0.15, 0.2) is 5.96 Å². The minimum Gasteiger partial charge on any atom is -0.481 e. The van der Waals surface area contributed by atoms with Crippen molar-refractivity contribution in [2.45, 2.75) is 12.5 Å². The van der Waals surface area contributed by atoms with Crippen molar-refractivity contribution < 1.29 is 22.3 Å². The van der Waals surface area contributed by atoms with Crippen LogP contribution in [0, 0.1) is 0 Å². The molecule has 0 spiro atoms. The molecule has 1 heterocycles. The number of carboxylic acid groups (broad SMARTS) is 1. The van der Waals surface area contributed by atoms with Crippen molar-refractivity contribution in [2.75, 3.05) is 6.54 Å². The summed E-state index contributed by atoms with van der Waals surface area (Å²) in [6.07, 6.45) is -0.271. The SMILES string of the molecule is NC(N)=Nc1cccc(C(=O)NCC(=O)NC(CC(=O)O)c2cc(Br)cs2)c1.[HH].[HH]. The average Bonchev–Trinajstić information content (AvgIpc) is 3.05. The Morgan fingerprint density at radius 2 is 2.04 bits per heavy atom. The van der Waals surface area contributed by atoms with Gasteiger partial charge in [0.25, 0.3) is 5.91 Å². The van der Waals surface area contributed by atoms with E-state index in [9.17, 15) is 14.4 Å². The largest absolute Gasteiger partial charge is 0.481 e. The number of carboxylic acids is 1. The van der Waals surface area contributed by atoms with E-state index < -0.39 is 23.8 Å². The van der Waals surface area contributed by atoms with Crippen LogP contribution in [-0.2, 0) is 9.59 Å². The van der Waals surface area contributed by atoms with Crippen LogP contribution in [0.5, 0.6) is 0 Å². The van der Waals surface area contributed by atoms with Gasteiger partial charge in [-0.05, 0) is 40.2 Å². The predicted molar refractivity (Wildman–Crippen MR) is 114 cm³/mol. The summed E-state index contributed by atoms with van der Waals surface area (Å²) in [5.74, 6) is -2.18. The fraction of sp³-hybridized carbons (Fsp3) is 0.176. The van der Waals surface area contributed by atoms with E-state index in [1.807, 2.05) is 0 Å². The molecule has 1 aromatic carbocycles. The average molecular weight is 472 g/mol. The van der Waals surface area contributed by atoms with Crippen molar-refractivity contribution in [3.8, 4) is 0 Å². The molecule has 0 saturated heterocycles. The van der Waals surface area contributed by atoms with Gasteiger partial charge in [-0.15, -0.1) is 11.3 Å². The lowest BCUT2D eigenvalue weighted by atomic mass is 10.1. The summed E-state index contributed by atoms with van der Waals surface area (Å²) in [5.41, 5.74) is 11.3. The lowest BCUT2D eigenvalue weighted by Crippen LogP contribution is -2.39. The first-order valence-electron chi connectivity index (χ1n) is 7.97. The van der Waals surface area contributed by atoms with Gasteiger partial charge in [0.2, 0.25) is 5.91 Å². The molecule has 2 aromatic rings. The second kappa shape index (κ2) is 9.85. The van der Waals surface area contributed by atoms with Crippen molar-refractivity contribution in [3.63, 3.8) is 0 Å². The molecule has 0 aliphatic heterocycles. The zero-order valence-corrected chi connectivity index (χ0v) is 16.9. The molecule has 0 bridgehead atoms. The second-order valence-electron chi connectivity index (χ2n) is 5.65. The standard InChI is InChI=1S/C17H18BrN5O4S.2H2/c18-10-5-13(28-8-10)12(6-15(25)26)23-14(24)7-21-16(27)9-2-1-3-11(4-9)22-17(19)20;;/h1-5,8,12H,6-7H2,(H,21,27)(H,23,24)(H,25,26)(H4,19,20,22);2*1H. The first-order valence-corrected chi connectivity index (χ1v) is 9.65. The van der Waals surface area contributed by atoms with Crippen molar-refractivity contribution in [3.05, 3.63) is 50.6 Å². The number of hydrogen-bond donors (Lipinski definition) is 5. The van der Waals surface area contributed by atoms with Crippen molar-refractivity contribution in [1.82, 2.24) is 10.6 Å². The molecule has 7 N–H and O–H groups in total. The summed E-state index contributed by atoms with van der Waals surface area (Å²) in [6, 6.07) is 7.31. The molecule has 0 saturated carbocycles. The van der Waals surface area contributed by atoms with E-state index in [0.29, 0.717) is 10.6 Å². The van der Waals surface area contributed by atoms with Crippen LogP contribution in [0.3, 0.4) is 0 Å². The molecule has 1 unspecified atom stereocenters. The second-order valence-corrected chi connectivity index (χ2v) is 7.51. The van der Waals surface area contributed by atoms with Crippen LogP contribution in [0.4, 0.5) is 5.69 Å². The minimum absolute atomic E-state index is 0. The van der Waals surface area contributed by atoms with E-state index in [1.54, 1.807) is 29.6 Å². The monoisotopic (exact) mass is 471 g/mol. The number of nitrogens with one attached hydrogen (secondary N) is 2. The summed E-state index contributed by atoms with van der Waals surface area (Å²) in [6.45, 7) is -0.311. The molecule has 0 aliphatic rings. The molecule has 152 valence electrons. The van der Waals surface area contributed by atoms with Gasteiger partial charge in [0.1, 0.15) is 0 Å². The maximum absolute atomic E-state index is 12.2. The van der Waals surface area contributed by atoms with Gasteiger partial charge in [-0.3, -0.25) is 14.4 Å². The molecule has 2 amide bonds. The molecule has 28 heavy (non-hydrogen) atoms. The first-order chi connectivity index (χ1) is 13.2. The van der Waals surface area contributed by atoms with Crippen LogP contribution in [0.25, 0.3) is 0 Å². The number of nitrogens with two attached hydrogens (primary N) is 2. The molecule has 0 fully saturated rings. The van der Waals surface area contributed by atoms with E-state index >= 15 is 0 Å². The molecular formula is C17H22BrN5O4S. The van der Waals surface area contributed by atoms with Gasteiger partial charge in [-0.25, -0.2) is 4.99 Å². The molecule has 1 aromatic heterocycles. The Morgan fingerprint density at radius 1 is 1.29 bits per heavy atom. The van der Waals surface area contributed by atoms with Crippen LogP contribution >= 0.6 is 27.3 Å². The third kappa shape index (κ3) is 6.67. The minimum atomic E-state index is -1.05. The van der Waals surface area contributed by atoms with Gasteiger partial charge in [0.05, 0.1) is 24.7 Å². The van der Waals surface area contributed by atoms with E-state index in [-0.39, 0.29) is 27.3 Å². The van der Waals surface area contributed by atoms with Crippen LogP contribution in [0.15, 0.2) is 45.2 Å². The zero-order chi connectivity index (χ0) is 20.7. The Morgan fingerprint density at radius 3 is 2.64 bits per heavy atom. The normalized spacial score (nSPS) is 11.3. The van der Waals surface area contributed by atoms with Gasteiger partial charge in [-0.1, -0.05) is 6.07 Å². The molecule has 1 atom stereocenters. The van der Waals surface area contributed by atoms with Gasteiger partial charge >= 0.3 is 5.97 Å². The number of carbonyl (C=O) groups is 3. The van der Waals surface area contributed by atoms with Crippen LogP contribution in [-0.4, -0.2) is 35.4 Å². The Balaban J connectivity index is 0.00000420. The molecule has 11 heteroatoms. The van der Waals surface area contributed by atoms with Gasteiger partial charge in [-0.2, -0.15) is 0 Å². The lowest BCUT2D eigenvalue weighted by Gasteiger charge is -2.16. The molecular weight excluding hydrogens is 450 g/mol. The number of amides is 2. The zero-order valence-electron chi connectivity index (χ0n) is 14.5. The van der Waals surface area contributed by atoms with E-state index in [0.717, 1.165) is 4.47 Å². The van der Waals surface area contributed by atoms with E-state index in [2.05, 4.69) is 31.6 Å². The number of rotatable bonds is 8. The molecule has 0 aliphatic carbocycles. The lowest BCUT2D eigenvalue weighted by molar-refractivity contribution is -0.137. The summed E-state index contributed by atoms with van der Waals surface area (Å²) in [7, 11) is 0. The van der Waals surface area contributed by atoms with Crippen molar-refractivity contribution in [1.29, 1.82) is 0 Å². The number of hydrogen-bond acceptors (Lipinski definition) is 5. The Bertz CT molecular complexity index is 921. The van der Waals surface area contributed by atoms with Crippen molar-refractivity contribution >= 4 is 56.7 Å². The predicted octanol–water partition coefficient (Wildman–Crippen LogP) is 1.97. The maximum Gasteiger partial charge on any atom is 0.305 e.